The molecule has 4 rings (SSSR count). The Bertz CT molecular complexity index is 780. The van der Waals surface area contributed by atoms with Gasteiger partial charge in [-0.1, -0.05) is 0 Å². The summed E-state index contributed by atoms with van der Waals surface area (Å²) >= 11 is 1.68. The van der Waals surface area contributed by atoms with E-state index in [0.717, 1.165) is 36.1 Å². The topological polar surface area (TPSA) is 58.4 Å². The highest BCUT2D eigenvalue weighted by atomic mass is 32.1. The Balaban J connectivity index is 1.43. The molecule has 0 spiro atoms. The molecule has 1 aliphatic rings. The third kappa shape index (κ3) is 2.94. The summed E-state index contributed by atoms with van der Waals surface area (Å²) in [6.45, 7) is 4.97. The van der Waals surface area contributed by atoms with Crippen LogP contribution in [0.15, 0.2) is 29.9 Å². The largest absolute Gasteiger partial charge is 0.354 e. The maximum absolute atomic E-state index is 4.61. The fraction of sp³-hybridized carbons (Fsp3) is 0.438. The van der Waals surface area contributed by atoms with Crippen LogP contribution in [-0.2, 0) is 6.54 Å². The number of anilines is 1. The normalized spacial score (nSPS) is 18.7. The van der Waals surface area contributed by atoms with Gasteiger partial charge in [0.25, 0.3) is 0 Å². The SMILES string of the molecule is Cc1nc2sccn2c1CNC1CCCN(c2cccnn2)C1. The number of piperidine rings is 1. The predicted octanol–water partition coefficient (Wildman–Crippen LogP) is 2.25. The molecule has 1 saturated heterocycles. The van der Waals surface area contributed by atoms with Crippen LogP contribution in [0.2, 0.25) is 0 Å². The first kappa shape index (κ1) is 14.6. The number of thiazole rings is 1. The summed E-state index contributed by atoms with van der Waals surface area (Å²) in [5.74, 6) is 0.972. The van der Waals surface area contributed by atoms with Crippen LogP contribution in [-0.4, -0.2) is 38.7 Å². The summed E-state index contributed by atoms with van der Waals surface area (Å²) in [6, 6.07) is 4.45. The molecule has 3 aromatic heterocycles. The Kier molecular flexibility index (Phi) is 3.97. The Hall–Kier alpha value is -1.99. The van der Waals surface area contributed by atoms with Crippen LogP contribution in [0.25, 0.3) is 4.96 Å². The smallest absolute Gasteiger partial charge is 0.194 e. The molecule has 6 nitrogen and oxygen atoms in total. The second-order valence-corrected chi connectivity index (χ2v) is 6.82. The van der Waals surface area contributed by atoms with Crippen molar-refractivity contribution in [3.05, 3.63) is 41.3 Å². The lowest BCUT2D eigenvalue weighted by atomic mass is 10.1. The fourth-order valence-corrected chi connectivity index (χ4v) is 3.99. The van der Waals surface area contributed by atoms with Crippen molar-refractivity contribution in [2.45, 2.75) is 32.4 Å². The van der Waals surface area contributed by atoms with E-state index in [1.165, 1.54) is 18.5 Å². The van der Waals surface area contributed by atoms with E-state index in [1.54, 1.807) is 17.5 Å². The molecule has 0 bridgehead atoms. The van der Waals surface area contributed by atoms with Crippen molar-refractivity contribution >= 4 is 22.1 Å². The number of fused-ring (bicyclic) bond motifs is 1. The summed E-state index contributed by atoms with van der Waals surface area (Å²) in [7, 11) is 0. The van der Waals surface area contributed by atoms with Gasteiger partial charge in [0, 0.05) is 43.4 Å². The van der Waals surface area contributed by atoms with E-state index in [1.807, 2.05) is 12.1 Å². The van der Waals surface area contributed by atoms with Gasteiger partial charge in [-0.3, -0.25) is 4.40 Å². The van der Waals surface area contributed by atoms with Gasteiger partial charge in [0.05, 0.1) is 11.4 Å². The summed E-state index contributed by atoms with van der Waals surface area (Å²) in [4.78, 5) is 8.00. The molecule has 1 unspecified atom stereocenters. The lowest BCUT2D eigenvalue weighted by Crippen LogP contribution is -2.46. The van der Waals surface area contributed by atoms with Gasteiger partial charge in [-0.05, 0) is 31.9 Å². The van der Waals surface area contributed by atoms with Gasteiger partial charge < -0.3 is 10.2 Å². The van der Waals surface area contributed by atoms with Crippen LogP contribution in [0.4, 0.5) is 5.82 Å². The second-order valence-electron chi connectivity index (χ2n) is 5.95. The molecule has 120 valence electrons. The number of hydrogen-bond donors (Lipinski definition) is 1. The van der Waals surface area contributed by atoms with E-state index < -0.39 is 0 Å². The standard InChI is InChI=1S/C16H20N6S/c1-12-14(22-8-9-23-16(22)19-12)10-17-13-4-3-7-21(11-13)15-5-2-6-18-20-15/h2,5-6,8-9,13,17H,3-4,7,10-11H2,1H3. The molecule has 7 heteroatoms. The van der Waals surface area contributed by atoms with Gasteiger partial charge in [-0.15, -0.1) is 16.4 Å². The molecule has 4 heterocycles. The molecule has 0 amide bonds. The summed E-state index contributed by atoms with van der Waals surface area (Å²) < 4.78 is 2.19. The summed E-state index contributed by atoms with van der Waals surface area (Å²) in [5.41, 5.74) is 2.38. The lowest BCUT2D eigenvalue weighted by molar-refractivity contribution is 0.416. The minimum Gasteiger partial charge on any atom is -0.354 e. The molecule has 3 aromatic rings. The minimum atomic E-state index is 0.467. The highest BCUT2D eigenvalue weighted by Gasteiger charge is 2.21. The van der Waals surface area contributed by atoms with Crippen molar-refractivity contribution in [3.8, 4) is 0 Å². The predicted molar refractivity (Wildman–Crippen MR) is 91.9 cm³/mol. The summed E-state index contributed by atoms with van der Waals surface area (Å²) in [5, 5.41) is 14.0. The molecule has 1 atom stereocenters. The van der Waals surface area contributed by atoms with E-state index >= 15 is 0 Å². The van der Waals surface area contributed by atoms with E-state index in [4.69, 9.17) is 0 Å². The molecule has 23 heavy (non-hydrogen) atoms. The molecule has 0 aromatic carbocycles. The zero-order valence-corrected chi connectivity index (χ0v) is 14.0. The van der Waals surface area contributed by atoms with E-state index in [0.29, 0.717) is 6.04 Å². The maximum Gasteiger partial charge on any atom is 0.194 e. The number of aromatic nitrogens is 4. The van der Waals surface area contributed by atoms with Crippen LogP contribution >= 0.6 is 11.3 Å². The van der Waals surface area contributed by atoms with Gasteiger partial charge in [0.15, 0.2) is 10.8 Å². The Morgan fingerprint density at radius 1 is 1.43 bits per heavy atom. The quantitative estimate of drug-likeness (QED) is 0.796. The van der Waals surface area contributed by atoms with Crippen LogP contribution in [0, 0.1) is 6.92 Å². The van der Waals surface area contributed by atoms with Crippen LogP contribution in [0.5, 0.6) is 0 Å². The maximum atomic E-state index is 4.61. The molecule has 0 saturated carbocycles. The second kappa shape index (κ2) is 6.25. The first-order valence-corrected chi connectivity index (χ1v) is 8.86. The Morgan fingerprint density at radius 3 is 3.26 bits per heavy atom. The summed E-state index contributed by atoms with van der Waals surface area (Å²) in [6.07, 6.45) is 6.19. The number of nitrogens with one attached hydrogen (secondary N) is 1. The van der Waals surface area contributed by atoms with Gasteiger partial charge in [0.1, 0.15) is 0 Å². The molecule has 0 aliphatic carbocycles. The van der Waals surface area contributed by atoms with Crippen molar-refractivity contribution < 1.29 is 0 Å². The van der Waals surface area contributed by atoms with Crippen molar-refractivity contribution in [2.75, 3.05) is 18.0 Å². The van der Waals surface area contributed by atoms with Crippen LogP contribution in [0.3, 0.4) is 0 Å². The van der Waals surface area contributed by atoms with E-state index in [-0.39, 0.29) is 0 Å². The molecule has 1 fully saturated rings. The van der Waals surface area contributed by atoms with Crippen molar-refractivity contribution in [1.29, 1.82) is 0 Å². The van der Waals surface area contributed by atoms with Crippen molar-refractivity contribution in [2.24, 2.45) is 0 Å². The lowest BCUT2D eigenvalue weighted by Gasteiger charge is -2.33. The average molecular weight is 328 g/mol. The van der Waals surface area contributed by atoms with Crippen molar-refractivity contribution in [1.82, 2.24) is 24.9 Å². The minimum absolute atomic E-state index is 0.467. The number of aryl methyl sites for hydroxylation is 1. The van der Waals surface area contributed by atoms with Crippen LogP contribution in [0.1, 0.15) is 24.2 Å². The van der Waals surface area contributed by atoms with E-state index in [9.17, 15) is 0 Å². The Labute approximate surface area is 139 Å². The number of imidazole rings is 1. The van der Waals surface area contributed by atoms with Gasteiger partial charge in [0.2, 0.25) is 0 Å². The fourth-order valence-electron chi connectivity index (χ4n) is 3.21. The highest BCUT2D eigenvalue weighted by molar-refractivity contribution is 7.15. The van der Waals surface area contributed by atoms with Crippen LogP contribution < -0.4 is 10.2 Å². The van der Waals surface area contributed by atoms with Gasteiger partial charge in [-0.2, -0.15) is 5.10 Å². The molecule has 1 N–H and O–H groups in total. The highest BCUT2D eigenvalue weighted by Crippen LogP contribution is 2.19. The first-order valence-electron chi connectivity index (χ1n) is 7.98. The average Bonchev–Trinajstić information content (AvgIpc) is 3.15. The molecular weight excluding hydrogens is 308 g/mol. The number of nitrogens with zero attached hydrogens (tertiary/aromatic N) is 5. The van der Waals surface area contributed by atoms with Gasteiger partial charge >= 0.3 is 0 Å². The van der Waals surface area contributed by atoms with Crippen molar-refractivity contribution in [3.63, 3.8) is 0 Å². The zero-order valence-electron chi connectivity index (χ0n) is 13.1. The first-order chi connectivity index (χ1) is 11.3. The molecule has 1 aliphatic heterocycles. The van der Waals surface area contributed by atoms with E-state index in [2.05, 4.69) is 48.3 Å². The molecular formula is C16H20N6S. The monoisotopic (exact) mass is 328 g/mol. The number of hydrogen-bond acceptors (Lipinski definition) is 6. The molecule has 0 radical (unpaired) electrons. The number of rotatable bonds is 4. The zero-order chi connectivity index (χ0) is 15.6. The third-order valence-corrected chi connectivity index (χ3v) is 5.18. The third-order valence-electron chi connectivity index (χ3n) is 4.42. The van der Waals surface area contributed by atoms with Gasteiger partial charge in [-0.25, -0.2) is 4.98 Å². The Morgan fingerprint density at radius 2 is 2.39 bits per heavy atom.